The summed E-state index contributed by atoms with van der Waals surface area (Å²) >= 11 is 0. The topological polar surface area (TPSA) is 33.3 Å². The summed E-state index contributed by atoms with van der Waals surface area (Å²) in [6, 6.07) is 38.9. The van der Waals surface area contributed by atoms with Crippen molar-refractivity contribution in [1.82, 2.24) is 10.6 Å². The molecule has 0 heterocycles. The van der Waals surface area contributed by atoms with E-state index in [0.717, 1.165) is 37.1 Å². The van der Waals surface area contributed by atoms with Gasteiger partial charge in [-0.3, -0.25) is 0 Å². The second kappa shape index (κ2) is 12.3. The van der Waals surface area contributed by atoms with Gasteiger partial charge in [0.2, 0.25) is 0 Å². The largest absolute Gasteiger partial charge is 0.350 e. The third kappa shape index (κ3) is 5.55. The molecule has 0 radical (unpaired) electrons. The first-order chi connectivity index (χ1) is 18.1. The molecule has 0 spiro atoms. The van der Waals surface area contributed by atoms with Gasteiger partial charge >= 0.3 is 0 Å². The van der Waals surface area contributed by atoms with Gasteiger partial charge in [-0.25, -0.2) is 0 Å². The monoisotopic (exact) mass is 492 g/mol. The van der Waals surface area contributed by atoms with E-state index in [9.17, 15) is 0 Å². The maximum absolute atomic E-state index is 7.86. The molecule has 0 saturated heterocycles. The second-order valence-electron chi connectivity index (χ2n) is 9.83. The lowest BCUT2D eigenvalue weighted by molar-refractivity contribution is -0.133. The normalized spacial score (nSPS) is 14.6. The first-order valence-corrected chi connectivity index (χ1v) is 13.3. The number of hydrogen-bond donors (Lipinski definition) is 2. The zero-order valence-corrected chi connectivity index (χ0v) is 22.6. The summed E-state index contributed by atoms with van der Waals surface area (Å²) in [5, 5.41) is 6.82. The zero-order chi connectivity index (χ0) is 26.1. The Hall–Kier alpha value is -3.24. The highest BCUT2D eigenvalue weighted by Gasteiger charge is 2.47. The van der Waals surface area contributed by atoms with Gasteiger partial charge in [-0.15, -0.1) is 0 Å². The number of hydrogen-bond acceptors (Lipinski definition) is 3. The smallest absolute Gasteiger partial charge is 0.121 e. The molecular formula is C34H40N2O. The van der Waals surface area contributed by atoms with E-state index in [1.165, 1.54) is 22.3 Å². The number of benzene rings is 4. The van der Waals surface area contributed by atoms with Crippen LogP contribution in [-0.4, -0.2) is 27.2 Å². The molecule has 3 nitrogen and oxygen atoms in total. The fourth-order valence-corrected chi connectivity index (χ4v) is 5.57. The van der Waals surface area contributed by atoms with Crippen LogP contribution in [0.25, 0.3) is 0 Å². The number of nitrogens with one attached hydrogen (secondary N) is 2. The highest BCUT2D eigenvalue weighted by molar-refractivity contribution is 5.45. The first-order valence-electron chi connectivity index (χ1n) is 13.3. The molecule has 0 aliphatic heterocycles. The Labute approximate surface area is 222 Å². The molecule has 2 N–H and O–H groups in total. The molecule has 192 valence electrons. The van der Waals surface area contributed by atoms with Crippen molar-refractivity contribution < 1.29 is 4.74 Å². The van der Waals surface area contributed by atoms with Crippen LogP contribution >= 0.6 is 0 Å². The van der Waals surface area contributed by atoms with E-state index in [1.807, 2.05) is 14.1 Å². The van der Waals surface area contributed by atoms with Crippen molar-refractivity contribution in [2.24, 2.45) is 0 Å². The van der Waals surface area contributed by atoms with Crippen LogP contribution < -0.4 is 10.6 Å². The van der Waals surface area contributed by atoms with Crippen LogP contribution in [-0.2, 0) is 15.9 Å². The lowest BCUT2D eigenvalue weighted by Gasteiger charge is -2.47. The molecule has 2 unspecified atom stereocenters. The molecule has 3 heteroatoms. The van der Waals surface area contributed by atoms with Gasteiger partial charge in [-0.05, 0) is 87.3 Å². The second-order valence-corrected chi connectivity index (χ2v) is 9.83. The molecule has 0 fully saturated rings. The molecule has 0 amide bonds. The molecule has 0 aromatic heterocycles. The third-order valence-corrected chi connectivity index (χ3v) is 7.44. The Bertz CT molecular complexity index is 1160. The van der Waals surface area contributed by atoms with Gasteiger partial charge in [0.25, 0.3) is 0 Å². The molecule has 4 rings (SSSR count). The van der Waals surface area contributed by atoms with Gasteiger partial charge in [0.05, 0.1) is 0 Å². The van der Waals surface area contributed by atoms with Crippen LogP contribution in [0.4, 0.5) is 0 Å². The van der Waals surface area contributed by atoms with E-state index in [1.54, 1.807) is 0 Å². The van der Waals surface area contributed by atoms with Crippen molar-refractivity contribution in [3.63, 3.8) is 0 Å². The first kappa shape index (κ1) is 26.8. The Morgan fingerprint density at radius 1 is 0.514 bits per heavy atom. The van der Waals surface area contributed by atoms with Gasteiger partial charge in [-0.1, -0.05) is 109 Å². The molecule has 0 aliphatic rings. The maximum atomic E-state index is 7.86. The van der Waals surface area contributed by atoms with Gasteiger partial charge in [0.15, 0.2) is 0 Å². The van der Waals surface area contributed by atoms with E-state index in [4.69, 9.17) is 4.74 Å². The van der Waals surface area contributed by atoms with Crippen LogP contribution in [0, 0.1) is 13.8 Å². The zero-order valence-electron chi connectivity index (χ0n) is 22.6. The van der Waals surface area contributed by atoms with Crippen molar-refractivity contribution in [3.05, 3.63) is 143 Å². The lowest BCUT2D eigenvalue weighted by atomic mass is 9.76. The molecule has 2 atom stereocenters. The minimum atomic E-state index is -0.679. The van der Waals surface area contributed by atoms with E-state index < -0.39 is 11.2 Å². The number of aryl methyl sites for hydroxylation is 2. The van der Waals surface area contributed by atoms with Crippen LogP contribution in [0.2, 0.25) is 0 Å². The molecule has 0 bridgehead atoms. The summed E-state index contributed by atoms with van der Waals surface area (Å²) in [6.07, 6.45) is 1.58. The predicted molar refractivity (Wildman–Crippen MR) is 155 cm³/mol. The summed E-state index contributed by atoms with van der Waals surface area (Å²) in [5.74, 6) is 0. The summed E-state index contributed by atoms with van der Waals surface area (Å²) < 4.78 is 7.86. The quantitative estimate of drug-likeness (QED) is 0.230. The summed E-state index contributed by atoms with van der Waals surface area (Å²) in [5.41, 5.74) is 5.83. The number of ether oxygens (including phenoxy) is 1. The molecule has 37 heavy (non-hydrogen) atoms. The van der Waals surface area contributed by atoms with Crippen molar-refractivity contribution in [1.29, 1.82) is 0 Å². The molecule has 4 aromatic carbocycles. The van der Waals surface area contributed by atoms with Crippen molar-refractivity contribution in [3.8, 4) is 0 Å². The molecular weight excluding hydrogens is 452 g/mol. The third-order valence-electron chi connectivity index (χ3n) is 7.44. The molecule has 0 aliphatic carbocycles. The van der Waals surface area contributed by atoms with Gasteiger partial charge in [-0.2, -0.15) is 0 Å². The Balaban J connectivity index is 2.07. The van der Waals surface area contributed by atoms with E-state index in [2.05, 4.69) is 134 Å². The van der Waals surface area contributed by atoms with Crippen molar-refractivity contribution >= 4 is 0 Å². The fourth-order valence-electron chi connectivity index (χ4n) is 5.57. The highest BCUT2D eigenvalue weighted by Crippen LogP contribution is 2.49. The maximum Gasteiger partial charge on any atom is 0.121 e. The van der Waals surface area contributed by atoms with Crippen LogP contribution in [0.5, 0.6) is 0 Å². The van der Waals surface area contributed by atoms with Gasteiger partial charge < -0.3 is 15.4 Å². The van der Waals surface area contributed by atoms with E-state index >= 15 is 0 Å². The SMILES string of the molecule is CNCCC(OC(CCNC)(c1ccccc1)c1ccccc1C)(c1ccccc1)c1ccccc1C. The Kier molecular flexibility index (Phi) is 8.94. The average molecular weight is 493 g/mol. The fraction of sp³-hybridized carbons (Fsp3) is 0.294. The minimum Gasteiger partial charge on any atom is -0.350 e. The number of rotatable bonds is 12. The summed E-state index contributed by atoms with van der Waals surface area (Å²) in [4.78, 5) is 0. The summed E-state index contributed by atoms with van der Waals surface area (Å²) in [7, 11) is 4.03. The predicted octanol–water partition coefficient (Wildman–Crippen LogP) is 6.73. The molecule has 4 aromatic rings. The Morgan fingerprint density at radius 3 is 1.22 bits per heavy atom. The lowest BCUT2D eigenvalue weighted by Crippen LogP contribution is -2.46. The van der Waals surface area contributed by atoms with E-state index in [-0.39, 0.29) is 0 Å². The van der Waals surface area contributed by atoms with Crippen LogP contribution in [0.3, 0.4) is 0 Å². The molecule has 0 saturated carbocycles. The van der Waals surface area contributed by atoms with Crippen LogP contribution in [0.1, 0.15) is 46.2 Å². The standard InChI is InChI=1S/C34H40N2O/c1-27-15-11-13-21-31(27)33(23-25-35-3,29-17-7-5-8-18-29)37-34(24-26-36-4,30-19-9-6-10-20-30)32-22-14-12-16-28(32)2/h5-22,35-36H,23-26H2,1-4H3. The minimum absolute atomic E-state index is 0.679. The van der Waals surface area contributed by atoms with Gasteiger partial charge in [0, 0.05) is 0 Å². The van der Waals surface area contributed by atoms with Crippen LogP contribution in [0.15, 0.2) is 109 Å². The Morgan fingerprint density at radius 2 is 0.865 bits per heavy atom. The van der Waals surface area contributed by atoms with Gasteiger partial charge in [0.1, 0.15) is 11.2 Å². The summed E-state index contributed by atoms with van der Waals surface area (Å²) in [6.45, 7) is 6.02. The highest BCUT2D eigenvalue weighted by atomic mass is 16.5. The average Bonchev–Trinajstić information content (AvgIpc) is 2.95. The van der Waals surface area contributed by atoms with Crippen molar-refractivity contribution in [2.75, 3.05) is 27.2 Å². The van der Waals surface area contributed by atoms with E-state index in [0.29, 0.717) is 0 Å². The van der Waals surface area contributed by atoms with Crippen molar-refractivity contribution in [2.45, 2.75) is 37.9 Å².